The van der Waals surface area contributed by atoms with Gasteiger partial charge in [-0.05, 0) is 35.9 Å². The molecule has 0 aliphatic carbocycles. The molecular weight excluding hydrogens is 236 g/mol. The molecule has 0 fully saturated rings. The van der Waals surface area contributed by atoms with Crippen molar-refractivity contribution in [3.05, 3.63) is 66.0 Å². The summed E-state index contributed by atoms with van der Waals surface area (Å²) in [4.78, 5) is 17.8. The molecule has 0 atom stereocenters. The topological polar surface area (TPSA) is 33.2 Å². The zero-order valence-electron chi connectivity index (χ0n) is 11.1. The largest absolute Gasteiger partial charge is 0.378 e. The first-order chi connectivity index (χ1) is 9.16. The summed E-state index contributed by atoms with van der Waals surface area (Å²) in [6.45, 7) is 0. The Morgan fingerprint density at radius 1 is 1.05 bits per heavy atom. The van der Waals surface area contributed by atoms with E-state index in [1.165, 1.54) is 0 Å². The predicted octanol–water partition coefficient (Wildman–Crippen LogP) is 3.04. The van der Waals surface area contributed by atoms with Gasteiger partial charge in [-0.15, -0.1) is 0 Å². The van der Waals surface area contributed by atoms with Gasteiger partial charge in [0.2, 0.25) is 0 Å². The number of benzene rings is 1. The smallest absolute Gasteiger partial charge is 0.185 e. The third-order valence-corrected chi connectivity index (χ3v) is 2.80. The molecule has 0 N–H and O–H groups in total. The first kappa shape index (κ1) is 13.0. The van der Waals surface area contributed by atoms with E-state index in [0.717, 1.165) is 11.3 Å². The van der Waals surface area contributed by atoms with Crippen LogP contribution >= 0.6 is 0 Å². The Bertz CT molecular complexity index is 571. The Morgan fingerprint density at radius 3 is 2.26 bits per heavy atom. The average Bonchev–Trinajstić information content (AvgIpc) is 2.46. The molecule has 1 aromatic heterocycles. The molecule has 0 saturated carbocycles. The number of aromatic nitrogens is 1. The van der Waals surface area contributed by atoms with Crippen LogP contribution in [-0.2, 0) is 0 Å². The van der Waals surface area contributed by atoms with Crippen molar-refractivity contribution >= 4 is 17.5 Å². The van der Waals surface area contributed by atoms with Gasteiger partial charge >= 0.3 is 0 Å². The number of hydrogen-bond acceptors (Lipinski definition) is 3. The van der Waals surface area contributed by atoms with Gasteiger partial charge in [0, 0.05) is 37.7 Å². The van der Waals surface area contributed by atoms with Crippen LogP contribution < -0.4 is 4.90 Å². The monoisotopic (exact) mass is 252 g/mol. The van der Waals surface area contributed by atoms with Crippen LogP contribution in [0.25, 0.3) is 6.08 Å². The van der Waals surface area contributed by atoms with Crippen molar-refractivity contribution in [1.82, 2.24) is 4.98 Å². The van der Waals surface area contributed by atoms with Gasteiger partial charge in [0.05, 0.1) is 0 Å². The number of rotatable bonds is 4. The Labute approximate surface area is 113 Å². The van der Waals surface area contributed by atoms with Crippen molar-refractivity contribution < 1.29 is 4.79 Å². The van der Waals surface area contributed by atoms with Crippen molar-refractivity contribution in [2.75, 3.05) is 19.0 Å². The van der Waals surface area contributed by atoms with Crippen LogP contribution in [0.15, 0.2) is 54.9 Å². The van der Waals surface area contributed by atoms with Crippen LogP contribution in [0.5, 0.6) is 0 Å². The van der Waals surface area contributed by atoms with Gasteiger partial charge in [0.1, 0.15) is 0 Å². The van der Waals surface area contributed by atoms with Gasteiger partial charge in [-0.1, -0.05) is 18.2 Å². The minimum atomic E-state index is -0.0147. The molecule has 19 heavy (non-hydrogen) atoms. The highest BCUT2D eigenvalue weighted by atomic mass is 16.1. The Hall–Kier alpha value is -2.42. The van der Waals surface area contributed by atoms with Crippen LogP contribution in [0.3, 0.4) is 0 Å². The fourth-order valence-corrected chi connectivity index (χ4v) is 1.67. The SMILES string of the molecule is CN(C)c1ccc(C=CC(=O)c2ccncc2)cc1. The lowest BCUT2D eigenvalue weighted by atomic mass is 10.1. The second-order valence-corrected chi connectivity index (χ2v) is 4.42. The van der Waals surface area contributed by atoms with Crippen LogP contribution in [-0.4, -0.2) is 24.9 Å². The van der Waals surface area contributed by atoms with Crippen molar-refractivity contribution in [1.29, 1.82) is 0 Å². The number of hydrogen-bond donors (Lipinski definition) is 0. The molecule has 3 heteroatoms. The molecule has 1 aromatic carbocycles. The summed E-state index contributed by atoms with van der Waals surface area (Å²) in [5.74, 6) is -0.0147. The van der Waals surface area contributed by atoms with E-state index in [1.54, 1.807) is 30.6 Å². The molecule has 0 saturated heterocycles. The van der Waals surface area contributed by atoms with Crippen molar-refractivity contribution in [3.8, 4) is 0 Å². The molecule has 1 heterocycles. The van der Waals surface area contributed by atoms with E-state index in [9.17, 15) is 4.79 Å². The van der Waals surface area contributed by atoms with Crippen LogP contribution in [0.2, 0.25) is 0 Å². The number of pyridine rings is 1. The Balaban J connectivity index is 2.08. The molecule has 0 bridgehead atoms. The van der Waals surface area contributed by atoms with E-state index in [-0.39, 0.29) is 5.78 Å². The second-order valence-electron chi connectivity index (χ2n) is 4.42. The molecule has 2 rings (SSSR count). The fraction of sp³-hybridized carbons (Fsp3) is 0.125. The van der Waals surface area contributed by atoms with Crippen LogP contribution in [0.4, 0.5) is 5.69 Å². The highest BCUT2D eigenvalue weighted by molar-refractivity contribution is 6.06. The summed E-state index contributed by atoms with van der Waals surface area (Å²) in [6.07, 6.45) is 6.64. The van der Waals surface area contributed by atoms with E-state index in [4.69, 9.17) is 0 Å². The molecule has 0 spiro atoms. The third kappa shape index (κ3) is 3.52. The van der Waals surface area contributed by atoms with E-state index < -0.39 is 0 Å². The maximum absolute atomic E-state index is 11.9. The highest BCUT2D eigenvalue weighted by Gasteiger charge is 2.00. The standard InChI is InChI=1S/C16H16N2O/c1-18(2)15-6-3-13(4-7-15)5-8-16(19)14-9-11-17-12-10-14/h3-12H,1-2H3. The van der Waals surface area contributed by atoms with E-state index in [2.05, 4.69) is 4.98 Å². The second kappa shape index (κ2) is 5.96. The highest BCUT2D eigenvalue weighted by Crippen LogP contribution is 2.13. The molecule has 96 valence electrons. The molecule has 3 nitrogen and oxygen atoms in total. The number of anilines is 1. The number of nitrogens with zero attached hydrogens (tertiary/aromatic N) is 2. The summed E-state index contributed by atoms with van der Waals surface area (Å²) in [5.41, 5.74) is 2.79. The molecule has 2 aromatic rings. The number of ketones is 1. The van der Waals surface area contributed by atoms with Gasteiger partial charge in [0.25, 0.3) is 0 Å². The van der Waals surface area contributed by atoms with Gasteiger partial charge in [0.15, 0.2) is 5.78 Å². The molecule has 0 aliphatic rings. The Morgan fingerprint density at radius 2 is 1.68 bits per heavy atom. The zero-order chi connectivity index (χ0) is 13.7. The molecule has 0 aliphatic heterocycles. The fourth-order valence-electron chi connectivity index (χ4n) is 1.67. The number of allylic oxidation sites excluding steroid dienone is 1. The van der Waals surface area contributed by atoms with Gasteiger partial charge in [-0.3, -0.25) is 9.78 Å². The lowest BCUT2D eigenvalue weighted by Gasteiger charge is -2.11. The minimum absolute atomic E-state index is 0.0147. The quantitative estimate of drug-likeness (QED) is 0.619. The average molecular weight is 252 g/mol. The maximum atomic E-state index is 11.9. The molecule has 0 unspecified atom stereocenters. The lowest BCUT2D eigenvalue weighted by Crippen LogP contribution is -2.07. The van der Waals surface area contributed by atoms with Gasteiger partial charge in [-0.2, -0.15) is 0 Å². The van der Waals surface area contributed by atoms with Gasteiger partial charge < -0.3 is 4.90 Å². The summed E-state index contributed by atoms with van der Waals surface area (Å²) >= 11 is 0. The normalized spacial score (nSPS) is 10.6. The lowest BCUT2D eigenvalue weighted by molar-refractivity contribution is 0.104. The van der Waals surface area contributed by atoms with E-state index in [0.29, 0.717) is 5.56 Å². The number of carbonyl (C=O) groups excluding carboxylic acids is 1. The predicted molar refractivity (Wildman–Crippen MR) is 78.4 cm³/mol. The molecular formula is C16H16N2O. The zero-order valence-corrected chi connectivity index (χ0v) is 11.1. The minimum Gasteiger partial charge on any atom is -0.378 e. The van der Waals surface area contributed by atoms with Gasteiger partial charge in [-0.25, -0.2) is 0 Å². The first-order valence-electron chi connectivity index (χ1n) is 6.06. The van der Waals surface area contributed by atoms with Crippen molar-refractivity contribution in [2.24, 2.45) is 0 Å². The summed E-state index contributed by atoms with van der Waals surface area (Å²) in [7, 11) is 4.00. The van der Waals surface area contributed by atoms with Crippen molar-refractivity contribution in [3.63, 3.8) is 0 Å². The van der Waals surface area contributed by atoms with Crippen LogP contribution in [0, 0.1) is 0 Å². The van der Waals surface area contributed by atoms with Crippen LogP contribution in [0.1, 0.15) is 15.9 Å². The maximum Gasteiger partial charge on any atom is 0.185 e. The summed E-state index contributed by atoms with van der Waals surface area (Å²) in [5, 5.41) is 0. The first-order valence-corrected chi connectivity index (χ1v) is 6.06. The van der Waals surface area contributed by atoms with Crippen molar-refractivity contribution in [2.45, 2.75) is 0 Å². The summed E-state index contributed by atoms with van der Waals surface area (Å²) in [6, 6.07) is 11.5. The molecule has 0 amide bonds. The molecule has 0 radical (unpaired) electrons. The summed E-state index contributed by atoms with van der Waals surface area (Å²) < 4.78 is 0. The van der Waals surface area contributed by atoms with E-state index in [1.807, 2.05) is 49.3 Å². The third-order valence-electron chi connectivity index (χ3n) is 2.80. The number of carbonyl (C=O) groups is 1. The van der Waals surface area contributed by atoms with E-state index >= 15 is 0 Å². The Kier molecular flexibility index (Phi) is 4.08.